The van der Waals surface area contributed by atoms with E-state index in [2.05, 4.69) is 43.3 Å². The van der Waals surface area contributed by atoms with E-state index in [1.165, 1.54) is 88.3 Å². The maximum Gasteiger partial charge on any atom is 0.217 e. The zero-order valence-corrected chi connectivity index (χ0v) is 17.8. The lowest BCUT2D eigenvalue weighted by molar-refractivity contribution is -0.118. The normalized spacial score (nSPS) is 10.9. The smallest absolute Gasteiger partial charge is 0.217 e. The standard InChI is InChI=1S/C24H42N2O/c1-26(2)23-20-17-16-19-22(23)18-14-12-10-8-6-4-3-5-7-9-11-13-15-21-24(25)27/h16-17,19-20H,3-15,18,21H2,1-2H3,(H2,25,27). The average molecular weight is 375 g/mol. The van der Waals surface area contributed by atoms with Crippen molar-refractivity contribution in [3.05, 3.63) is 29.8 Å². The predicted octanol–water partition coefficient (Wildman–Crippen LogP) is 6.24. The van der Waals surface area contributed by atoms with Crippen molar-refractivity contribution in [2.45, 2.75) is 96.3 Å². The van der Waals surface area contributed by atoms with E-state index in [0.717, 1.165) is 12.8 Å². The summed E-state index contributed by atoms with van der Waals surface area (Å²) in [6.07, 6.45) is 18.8. The molecule has 0 fully saturated rings. The molecule has 0 aliphatic heterocycles. The molecule has 0 aromatic heterocycles. The zero-order chi connectivity index (χ0) is 19.7. The van der Waals surface area contributed by atoms with Crippen molar-refractivity contribution in [2.24, 2.45) is 5.73 Å². The summed E-state index contributed by atoms with van der Waals surface area (Å²) in [5, 5.41) is 0. The summed E-state index contributed by atoms with van der Waals surface area (Å²) in [5.74, 6) is -0.159. The quantitative estimate of drug-likeness (QED) is 0.328. The van der Waals surface area contributed by atoms with Crippen LogP contribution in [0.4, 0.5) is 5.69 Å². The highest BCUT2D eigenvalue weighted by molar-refractivity contribution is 5.73. The minimum absolute atomic E-state index is 0.159. The Morgan fingerprint density at radius 1 is 0.741 bits per heavy atom. The first kappa shape index (κ1) is 23.5. The number of benzene rings is 1. The van der Waals surface area contributed by atoms with E-state index >= 15 is 0 Å². The van der Waals surface area contributed by atoms with Crippen molar-refractivity contribution in [3.8, 4) is 0 Å². The van der Waals surface area contributed by atoms with E-state index in [1.54, 1.807) is 0 Å². The third kappa shape index (κ3) is 12.5. The number of anilines is 1. The Balaban J connectivity index is 1.86. The number of nitrogens with zero attached hydrogens (tertiary/aromatic N) is 1. The van der Waals surface area contributed by atoms with Gasteiger partial charge in [0, 0.05) is 26.2 Å². The lowest BCUT2D eigenvalue weighted by Crippen LogP contribution is -2.11. The van der Waals surface area contributed by atoms with Gasteiger partial charge in [0.25, 0.3) is 0 Å². The molecule has 0 aliphatic rings. The Kier molecular flexibility index (Phi) is 13.5. The van der Waals surface area contributed by atoms with E-state index in [0.29, 0.717) is 6.42 Å². The molecule has 3 nitrogen and oxygen atoms in total. The van der Waals surface area contributed by atoms with Crippen molar-refractivity contribution < 1.29 is 4.79 Å². The molecule has 0 spiro atoms. The van der Waals surface area contributed by atoms with Gasteiger partial charge in [0.05, 0.1) is 0 Å². The molecule has 0 aliphatic carbocycles. The van der Waals surface area contributed by atoms with Crippen molar-refractivity contribution in [2.75, 3.05) is 19.0 Å². The fourth-order valence-electron chi connectivity index (χ4n) is 3.72. The van der Waals surface area contributed by atoms with Crippen LogP contribution in [0.15, 0.2) is 24.3 Å². The Bertz CT molecular complexity index is 499. The molecule has 0 heterocycles. The molecule has 0 unspecified atom stereocenters. The number of hydrogen-bond donors (Lipinski definition) is 1. The number of unbranched alkanes of at least 4 members (excludes halogenated alkanes) is 12. The molecule has 154 valence electrons. The second-order valence-corrected chi connectivity index (χ2v) is 8.09. The van der Waals surface area contributed by atoms with Gasteiger partial charge in [-0.2, -0.15) is 0 Å². The third-order valence-corrected chi connectivity index (χ3v) is 5.34. The van der Waals surface area contributed by atoms with Crippen molar-refractivity contribution in [3.63, 3.8) is 0 Å². The van der Waals surface area contributed by atoms with Gasteiger partial charge in [0.2, 0.25) is 5.91 Å². The van der Waals surface area contributed by atoms with E-state index in [1.807, 2.05) is 0 Å². The second-order valence-electron chi connectivity index (χ2n) is 8.09. The van der Waals surface area contributed by atoms with Crippen molar-refractivity contribution in [1.82, 2.24) is 0 Å². The molecular formula is C24H42N2O. The lowest BCUT2D eigenvalue weighted by atomic mass is 10.0. The highest BCUT2D eigenvalue weighted by Gasteiger charge is 2.03. The molecule has 1 aromatic carbocycles. The second kappa shape index (κ2) is 15.5. The van der Waals surface area contributed by atoms with Crippen LogP contribution in [0, 0.1) is 0 Å². The minimum Gasteiger partial charge on any atom is -0.377 e. The largest absolute Gasteiger partial charge is 0.377 e. The van der Waals surface area contributed by atoms with Gasteiger partial charge in [-0.1, -0.05) is 88.8 Å². The molecule has 0 saturated carbocycles. The number of amides is 1. The van der Waals surface area contributed by atoms with E-state index in [-0.39, 0.29) is 5.91 Å². The molecule has 0 bridgehead atoms. The molecule has 0 atom stereocenters. The van der Waals surface area contributed by atoms with Crippen LogP contribution in [-0.4, -0.2) is 20.0 Å². The SMILES string of the molecule is CN(C)c1ccccc1CCCCCCCCCCCCCCCC(N)=O. The van der Waals surface area contributed by atoms with Gasteiger partial charge in [-0.05, 0) is 30.9 Å². The number of rotatable bonds is 17. The Morgan fingerprint density at radius 3 is 1.67 bits per heavy atom. The molecule has 1 aromatic rings. The van der Waals surface area contributed by atoms with Crippen LogP contribution >= 0.6 is 0 Å². The van der Waals surface area contributed by atoms with Gasteiger partial charge in [-0.15, -0.1) is 0 Å². The summed E-state index contributed by atoms with van der Waals surface area (Å²) < 4.78 is 0. The number of para-hydroxylation sites is 1. The fourth-order valence-corrected chi connectivity index (χ4v) is 3.72. The molecule has 2 N–H and O–H groups in total. The molecule has 27 heavy (non-hydrogen) atoms. The van der Waals surface area contributed by atoms with Gasteiger partial charge < -0.3 is 10.6 Å². The van der Waals surface area contributed by atoms with E-state index in [4.69, 9.17) is 5.73 Å². The van der Waals surface area contributed by atoms with Crippen LogP contribution in [0.2, 0.25) is 0 Å². The van der Waals surface area contributed by atoms with Crippen LogP contribution in [0.1, 0.15) is 95.5 Å². The summed E-state index contributed by atoms with van der Waals surface area (Å²) in [6.45, 7) is 0. The molecular weight excluding hydrogens is 332 g/mol. The number of carbonyl (C=O) groups is 1. The van der Waals surface area contributed by atoms with Crippen LogP contribution in [0.25, 0.3) is 0 Å². The predicted molar refractivity (Wildman–Crippen MR) is 118 cm³/mol. The lowest BCUT2D eigenvalue weighted by Gasteiger charge is -2.17. The van der Waals surface area contributed by atoms with E-state index < -0.39 is 0 Å². The third-order valence-electron chi connectivity index (χ3n) is 5.34. The molecule has 0 radical (unpaired) electrons. The number of carbonyl (C=O) groups excluding carboxylic acids is 1. The summed E-state index contributed by atoms with van der Waals surface area (Å²) >= 11 is 0. The Hall–Kier alpha value is -1.51. The first-order valence-corrected chi connectivity index (χ1v) is 11.1. The first-order chi connectivity index (χ1) is 13.1. The van der Waals surface area contributed by atoms with Gasteiger partial charge in [0.15, 0.2) is 0 Å². The molecule has 1 amide bonds. The average Bonchev–Trinajstić information content (AvgIpc) is 2.64. The zero-order valence-electron chi connectivity index (χ0n) is 17.8. The van der Waals surface area contributed by atoms with Crippen molar-refractivity contribution in [1.29, 1.82) is 0 Å². The Labute approximate surface area is 167 Å². The summed E-state index contributed by atoms with van der Waals surface area (Å²) in [5.41, 5.74) is 7.99. The maximum atomic E-state index is 10.6. The van der Waals surface area contributed by atoms with Crippen LogP contribution in [0.3, 0.4) is 0 Å². The molecule has 0 saturated heterocycles. The topological polar surface area (TPSA) is 46.3 Å². The summed E-state index contributed by atoms with van der Waals surface area (Å²) in [7, 11) is 4.26. The fraction of sp³-hybridized carbons (Fsp3) is 0.708. The Morgan fingerprint density at radius 2 is 1.19 bits per heavy atom. The summed E-state index contributed by atoms with van der Waals surface area (Å²) in [4.78, 5) is 12.9. The molecule has 1 rings (SSSR count). The van der Waals surface area contributed by atoms with Gasteiger partial charge in [0.1, 0.15) is 0 Å². The van der Waals surface area contributed by atoms with Crippen LogP contribution in [-0.2, 0) is 11.2 Å². The first-order valence-electron chi connectivity index (χ1n) is 11.1. The van der Waals surface area contributed by atoms with Crippen molar-refractivity contribution >= 4 is 11.6 Å². The van der Waals surface area contributed by atoms with Crippen LogP contribution in [0.5, 0.6) is 0 Å². The number of nitrogens with two attached hydrogens (primary N) is 1. The number of primary amides is 1. The number of hydrogen-bond acceptors (Lipinski definition) is 2. The van der Waals surface area contributed by atoms with Crippen LogP contribution < -0.4 is 10.6 Å². The van der Waals surface area contributed by atoms with E-state index in [9.17, 15) is 4.79 Å². The van der Waals surface area contributed by atoms with Gasteiger partial charge >= 0.3 is 0 Å². The monoisotopic (exact) mass is 374 g/mol. The summed E-state index contributed by atoms with van der Waals surface area (Å²) in [6, 6.07) is 8.77. The minimum atomic E-state index is -0.159. The molecule has 3 heteroatoms. The highest BCUT2D eigenvalue weighted by Crippen LogP contribution is 2.21. The highest BCUT2D eigenvalue weighted by atomic mass is 16.1. The maximum absolute atomic E-state index is 10.6. The number of aryl methyl sites for hydroxylation is 1. The van der Waals surface area contributed by atoms with Gasteiger partial charge in [-0.3, -0.25) is 4.79 Å². The van der Waals surface area contributed by atoms with Gasteiger partial charge in [-0.25, -0.2) is 0 Å².